The van der Waals surface area contributed by atoms with Gasteiger partial charge in [0.1, 0.15) is 0 Å². The van der Waals surface area contributed by atoms with Gasteiger partial charge in [-0.2, -0.15) is 35.5 Å². The predicted octanol–water partition coefficient (Wildman–Crippen LogP) is 2.50. The zero-order chi connectivity index (χ0) is 9.52. The summed E-state index contributed by atoms with van der Waals surface area (Å²) in [6.07, 6.45) is 0. The minimum Gasteiger partial charge on any atom is -0.214 e. The average molecular weight is 244 g/mol. The molecule has 14 heavy (non-hydrogen) atoms. The molecule has 0 atom stereocenters. The first-order valence-corrected chi connectivity index (χ1v) is 7.57. The smallest absolute Gasteiger partial charge is 0.214 e. The monoisotopic (exact) mass is 244 g/mol. The maximum atomic E-state index is 2.34. The van der Waals surface area contributed by atoms with E-state index >= 15 is 0 Å². The molecule has 0 radical (unpaired) electrons. The summed E-state index contributed by atoms with van der Waals surface area (Å²) >= 11 is 0. The van der Waals surface area contributed by atoms with E-state index in [1.165, 1.54) is 0 Å². The molecular formula is C12H16FeSi. The molecule has 0 saturated heterocycles. The van der Waals surface area contributed by atoms with Gasteiger partial charge in [0.2, 0.25) is 0 Å². The maximum absolute atomic E-state index is 2.34. The van der Waals surface area contributed by atoms with Crippen molar-refractivity contribution in [1.29, 1.82) is 0 Å². The molecule has 2 aromatic rings. The van der Waals surface area contributed by atoms with Crippen LogP contribution in [0.1, 0.15) is 0 Å². The van der Waals surface area contributed by atoms with Crippen LogP contribution in [-0.4, -0.2) is 8.80 Å². The van der Waals surface area contributed by atoms with E-state index in [9.17, 15) is 0 Å². The van der Waals surface area contributed by atoms with E-state index in [1.807, 2.05) is 30.3 Å². The van der Waals surface area contributed by atoms with Gasteiger partial charge in [-0.05, 0) is 0 Å². The standard InChI is InChI=1S/C7H11Si.C5H5.Fe/c1-8(2)7-5-3-4-6-7;1-2-4-5-3-1;/h3-6,8H,1-2H3;1-5H;/q2*-1;+2. The van der Waals surface area contributed by atoms with Crippen LogP contribution in [0.15, 0.2) is 54.6 Å². The second-order valence-electron chi connectivity index (χ2n) is 3.34. The molecule has 0 heterocycles. The SMILES string of the molecule is C[SiH](C)[c-]1cccc1.[Fe+2].c1cc[cH-]c1. The molecule has 0 aliphatic heterocycles. The largest absolute Gasteiger partial charge is 2.00 e. The van der Waals surface area contributed by atoms with E-state index in [-0.39, 0.29) is 17.1 Å². The summed E-state index contributed by atoms with van der Waals surface area (Å²) in [4.78, 5) is 0. The van der Waals surface area contributed by atoms with Crippen molar-refractivity contribution in [2.75, 3.05) is 0 Å². The second-order valence-corrected chi connectivity index (χ2v) is 6.31. The molecule has 0 aliphatic carbocycles. The Morgan fingerprint density at radius 3 is 1.64 bits per heavy atom. The first kappa shape index (κ1) is 13.4. The third-order valence-electron chi connectivity index (χ3n) is 1.91. The van der Waals surface area contributed by atoms with Gasteiger partial charge in [-0.15, -0.1) is 0 Å². The Morgan fingerprint density at radius 2 is 1.43 bits per heavy atom. The summed E-state index contributed by atoms with van der Waals surface area (Å²) < 4.78 is 0. The van der Waals surface area contributed by atoms with Crippen molar-refractivity contribution in [3.63, 3.8) is 0 Å². The van der Waals surface area contributed by atoms with Crippen LogP contribution < -0.4 is 5.19 Å². The second kappa shape index (κ2) is 7.80. The average Bonchev–Trinajstić information content (AvgIpc) is 2.82. The van der Waals surface area contributed by atoms with Gasteiger partial charge in [-0.25, -0.2) is 24.3 Å². The number of hydrogen-bond donors (Lipinski definition) is 0. The summed E-state index contributed by atoms with van der Waals surface area (Å²) in [7, 11) is -0.480. The minimum atomic E-state index is -0.480. The summed E-state index contributed by atoms with van der Waals surface area (Å²) in [6, 6.07) is 18.7. The van der Waals surface area contributed by atoms with Crippen LogP contribution in [0.25, 0.3) is 0 Å². The molecule has 0 nitrogen and oxygen atoms in total. The quantitative estimate of drug-likeness (QED) is 0.534. The van der Waals surface area contributed by atoms with Gasteiger partial charge < -0.3 is 0 Å². The summed E-state index contributed by atoms with van der Waals surface area (Å²) in [5.74, 6) is 0. The Morgan fingerprint density at radius 1 is 0.929 bits per heavy atom. The van der Waals surface area contributed by atoms with Gasteiger partial charge in [0.25, 0.3) is 0 Å². The molecule has 0 fully saturated rings. The van der Waals surface area contributed by atoms with Crippen molar-refractivity contribution in [2.24, 2.45) is 0 Å². The molecule has 2 aromatic carbocycles. The van der Waals surface area contributed by atoms with Crippen molar-refractivity contribution in [2.45, 2.75) is 13.1 Å². The van der Waals surface area contributed by atoms with Crippen LogP contribution in [0.5, 0.6) is 0 Å². The molecule has 0 saturated carbocycles. The molecule has 0 unspecified atom stereocenters. The number of rotatable bonds is 1. The topological polar surface area (TPSA) is 0 Å². The first-order valence-electron chi connectivity index (χ1n) is 4.69. The van der Waals surface area contributed by atoms with Crippen LogP contribution in [-0.2, 0) is 17.1 Å². The fourth-order valence-corrected chi connectivity index (χ4v) is 2.09. The minimum absolute atomic E-state index is 0. The van der Waals surface area contributed by atoms with Crippen molar-refractivity contribution < 1.29 is 17.1 Å². The zero-order valence-corrected chi connectivity index (χ0v) is 10.9. The van der Waals surface area contributed by atoms with Crippen molar-refractivity contribution in [3.05, 3.63) is 54.6 Å². The van der Waals surface area contributed by atoms with Crippen molar-refractivity contribution >= 4 is 14.0 Å². The summed E-state index contributed by atoms with van der Waals surface area (Å²) in [5, 5.41) is 1.57. The van der Waals surface area contributed by atoms with E-state index in [4.69, 9.17) is 0 Å². The van der Waals surface area contributed by atoms with Gasteiger partial charge in [-0.3, -0.25) is 0 Å². The van der Waals surface area contributed by atoms with Gasteiger partial charge in [-0.1, -0.05) is 13.1 Å². The Balaban J connectivity index is 0.000000246. The molecular weight excluding hydrogens is 228 g/mol. The Kier molecular flexibility index (Phi) is 7.49. The Hall–Kier alpha value is -0.564. The van der Waals surface area contributed by atoms with Crippen LogP contribution >= 0.6 is 0 Å². The van der Waals surface area contributed by atoms with Crippen molar-refractivity contribution in [3.8, 4) is 0 Å². The van der Waals surface area contributed by atoms with Crippen LogP contribution in [0.3, 0.4) is 0 Å². The Labute approximate surface area is 98.8 Å². The third-order valence-corrected chi connectivity index (χ3v) is 3.63. The molecule has 0 N–H and O–H groups in total. The van der Waals surface area contributed by atoms with Gasteiger partial charge in [0.05, 0.1) is 0 Å². The van der Waals surface area contributed by atoms with E-state index < -0.39 is 8.80 Å². The van der Waals surface area contributed by atoms with Crippen LogP contribution in [0, 0.1) is 0 Å². The van der Waals surface area contributed by atoms with E-state index in [1.54, 1.807) is 5.19 Å². The van der Waals surface area contributed by atoms with Gasteiger partial charge >= 0.3 is 17.1 Å². The molecule has 0 spiro atoms. The first-order chi connectivity index (χ1) is 6.30. The molecule has 2 heteroatoms. The van der Waals surface area contributed by atoms with Crippen LogP contribution in [0.4, 0.5) is 0 Å². The fourth-order valence-electron chi connectivity index (χ4n) is 1.09. The molecule has 0 amide bonds. The fraction of sp³-hybridized carbons (Fsp3) is 0.167. The van der Waals surface area contributed by atoms with Crippen LogP contribution in [0.2, 0.25) is 13.1 Å². The van der Waals surface area contributed by atoms with Crippen molar-refractivity contribution in [1.82, 2.24) is 0 Å². The molecule has 0 aliphatic rings. The normalized spacial score (nSPS) is 8.79. The predicted molar refractivity (Wildman–Crippen MR) is 62.6 cm³/mol. The summed E-state index contributed by atoms with van der Waals surface area (Å²) in [6.45, 7) is 4.69. The molecule has 76 valence electrons. The molecule has 2 rings (SSSR count). The third kappa shape index (κ3) is 5.23. The zero-order valence-electron chi connectivity index (χ0n) is 8.63. The van der Waals surface area contributed by atoms with E-state index in [0.29, 0.717) is 0 Å². The van der Waals surface area contributed by atoms with Gasteiger partial charge in [0, 0.05) is 8.80 Å². The maximum Gasteiger partial charge on any atom is 2.00 e. The molecule has 0 aromatic heterocycles. The Bertz CT molecular complexity index is 265. The van der Waals surface area contributed by atoms with E-state index in [2.05, 4.69) is 37.4 Å². The summed E-state index contributed by atoms with van der Waals surface area (Å²) in [5.41, 5.74) is 0. The molecule has 0 bridgehead atoms. The number of hydrogen-bond acceptors (Lipinski definition) is 0. The van der Waals surface area contributed by atoms with Gasteiger partial charge in [0.15, 0.2) is 0 Å². The van der Waals surface area contributed by atoms with E-state index in [0.717, 1.165) is 0 Å².